The van der Waals surface area contributed by atoms with Crippen LogP contribution in [0.3, 0.4) is 0 Å². The number of allylic oxidation sites excluding steroid dienone is 8. The van der Waals surface area contributed by atoms with Crippen LogP contribution in [0.1, 0.15) is 168 Å². The number of aliphatic hydroxyl groups is 2. The standard InChI is InChI=1S/C45H77O10P/c1-3-5-7-8-9-10-11-12-13-14-15-16-17-18-22-25-31-37-44(48)53-39-43(40-54-56(50,51)52)55-45(49)38-32-26-30-36-42(47)35-29-24-21-19-20-23-28-34-41(46)33-27-6-4-2/h6,20-21,23-24,27-30,34-36,41-43,46-47H,3-5,7-19,22,25-26,31-33,37-40H2,1-2H3,(H2,50,51,52)/b23-20-,24-21-,27-6-,34-28+,35-29+,36-30-/t41-,42-,43+/m0/s1. The SMILES string of the molecule is CC/C=C\C[C@H](O)/C=C/C=C\C/C=C\C=C\[C@H](O)/C=C\CCCC(=O)O[C@H](COC(=O)CCCCCCCCCCCCCCCCCCC)COP(=O)(O)O. The monoisotopic (exact) mass is 809 g/mol. The van der Waals surface area contributed by atoms with Crippen LogP contribution in [0.25, 0.3) is 0 Å². The van der Waals surface area contributed by atoms with Crippen LogP contribution in [0.2, 0.25) is 0 Å². The van der Waals surface area contributed by atoms with Gasteiger partial charge in [-0.2, -0.15) is 0 Å². The Bertz CT molecular complexity index is 1170. The van der Waals surface area contributed by atoms with Crippen LogP contribution in [0.4, 0.5) is 0 Å². The van der Waals surface area contributed by atoms with Crippen molar-refractivity contribution in [1.29, 1.82) is 0 Å². The molecule has 0 aromatic heterocycles. The van der Waals surface area contributed by atoms with E-state index in [1.54, 1.807) is 30.4 Å². The minimum Gasteiger partial charge on any atom is -0.462 e. The van der Waals surface area contributed by atoms with E-state index >= 15 is 0 Å². The summed E-state index contributed by atoms with van der Waals surface area (Å²) in [5.41, 5.74) is 0. The molecule has 0 bridgehead atoms. The Morgan fingerprint density at radius 1 is 0.589 bits per heavy atom. The number of phosphoric acid groups is 1. The van der Waals surface area contributed by atoms with Gasteiger partial charge in [0.05, 0.1) is 18.8 Å². The van der Waals surface area contributed by atoms with Gasteiger partial charge in [0.2, 0.25) is 0 Å². The zero-order valence-corrected chi connectivity index (χ0v) is 35.6. The summed E-state index contributed by atoms with van der Waals surface area (Å²) in [7, 11) is -4.81. The molecule has 0 aliphatic heterocycles. The van der Waals surface area contributed by atoms with Crippen molar-refractivity contribution in [2.24, 2.45) is 0 Å². The van der Waals surface area contributed by atoms with Crippen LogP contribution in [-0.2, 0) is 28.2 Å². The highest BCUT2D eigenvalue weighted by Gasteiger charge is 2.22. The van der Waals surface area contributed by atoms with Crippen LogP contribution in [0, 0.1) is 0 Å². The molecule has 0 rings (SSSR count). The molecule has 3 atom stereocenters. The summed E-state index contributed by atoms with van der Waals surface area (Å²) in [6, 6.07) is 0. The smallest absolute Gasteiger partial charge is 0.462 e. The average Bonchev–Trinajstić information content (AvgIpc) is 3.16. The summed E-state index contributed by atoms with van der Waals surface area (Å²) in [4.78, 5) is 42.9. The zero-order valence-electron chi connectivity index (χ0n) is 34.7. The molecule has 0 spiro atoms. The molecule has 0 saturated carbocycles. The van der Waals surface area contributed by atoms with Crippen molar-refractivity contribution in [2.75, 3.05) is 13.2 Å². The molecule has 0 aromatic rings. The van der Waals surface area contributed by atoms with E-state index in [0.717, 1.165) is 25.7 Å². The van der Waals surface area contributed by atoms with Gasteiger partial charge in [0, 0.05) is 12.8 Å². The molecule has 11 heteroatoms. The topological polar surface area (TPSA) is 160 Å². The molecule has 4 N–H and O–H groups in total. The Morgan fingerprint density at radius 2 is 1.12 bits per heavy atom. The van der Waals surface area contributed by atoms with Crippen molar-refractivity contribution in [3.05, 3.63) is 72.9 Å². The minimum atomic E-state index is -4.81. The lowest BCUT2D eigenvalue weighted by atomic mass is 10.0. The lowest BCUT2D eigenvalue weighted by Crippen LogP contribution is -2.29. The predicted molar refractivity (Wildman–Crippen MR) is 228 cm³/mol. The number of hydrogen-bond donors (Lipinski definition) is 4. The van der Waals surface area contributed by atoms with E-state index in [9.17, 15) is 24.4 Å². The Morgan fingerprint density at radius 3 is 1.68 bits per heavy atom. The van der Waals surface area contributed by atoms with E-state index in [4.69, 9.17) is 19.3 Å². The zero-order chi connectivity index (χ0) is 41.4. The van der Waals surface area contributed by atoms with Crippen LogP contribution in [-0.4, -0.2) is 63.5 Å². The third-order valence-electron chi connectivity index (χ3n) is 8.91. The summed E-state index contributed by atoms with van der Waals surface area (Å²) in [6.45, 7) is 3.34. The van der Waals surface area contributed by atoms with Gasteiger partial charge >= 0.3 is 19.8 Å². The van der Waals surface area contributed by atoms with E-state index in [1.165, 1.54) is 83.5 Å². The van der Waals surface area contributed by atoms with E-state index in [2.05, 4.69) is 18.4 Å². The van der Waals surface area contributed by atoms with E-state index in [0.29, 0.717) is 32.1 Å². The Hall–Kier alpha value is -2.59. The highest BCUT2D eigenvalue weighted by molar-refractivity contribution is 7.46. The fraction of sp³-hybridized carbons (Fsp3) is 0.689. The fourth-order valence-corrected chi connectivity index (χ4v) is 6.06. The molecule has 322 valence electrons. The van der Waals surface area contributed by atoms with Crippen LogP contribution in [0.15, 0.2) is 72.9 Å². The lowest BCUT2D eigenvalue weighted by molar-refractivity contribution is -0.161. The van der Waals surface area contributed by atoms with Crippen LogP contribution in [0.5, 0.6) is 0 Å². The van der Waals surface area contributed by atoms with Crippen molar-refractivity contribution >= 4 is 19.8 Å². The van der Waals surface area contributed by atoms with Crippen LogP contribution >= 0.6 is 7.82 Å². The summed E-state index contributed by atoms with van der Waals surface area (Å²) in [5.74, 6) is -1.07. The number of hydrogen-bond acceptors (Lipinski definition) is 8. The molecule has 56 heavy (non-hydrogen) atoms. The maximum atomic E-state index is 12.4. The van der Waals surface area contributed by atoms with Crippen molar-refractivity contribution in [1.82, 2.24) is 0 Å². The van der Waals surface area contributed by atoms with Gasteiger partial charge in [0.1, 0.15) is 6.61 Å². The van der Waals surface area contributed by atoms with Crippen molar-refractivity contribution < 1.29 is 48.2 Å². The van der Waals surface area contributed by atoms with Gasteiger partial charge in [-0.25, -0.2) is 4.57 Å². The number of phosphoric ester groups is 1. The third kappa shape index (κ3) is 41.1. The van der Waals surface area contributed by atoms with Gasteiger partial charge in [-0.3, -0.25) is 14.1 Å². The van der Waals surface area contributed by atoms with Crippen LogP contribution < -0.4 is 0 Å². The molecule has 0 unspecified atom stereocenters. The lowest BCUT2D eigenvalue weighted by Gasteiger charge is -2.18. The number of carbonyl (C=O) groups is 2. The second kappa shape index (κ2) is 39.2. The molecular weight excluding hydrogens is 731 g/mol. The molecule has 0 heterocycles. The minimum absolute atomic E-state index is 0.0240. The van der Waals surface area contributed by atoms with Gasteiger partial charge in [0.15, 0.2) is 6.10 Å². The van der Waals surface area contributed by atoms with Gasteiger partial charge in [-0.05, 0) is 38.5 Å². The maximum Gasteiger partial charge on any atom is 0.469 e. The Labute approximate surface area is 339 Å². The summed E-state index contributed by atoms with van der Waals surface area (Å²) < 4.78 is 26.3. The second-order valence-electron chi connectivity index (χ2n) is 14.3. The molecule has 0 fully saturated rings. The number of unbranched alkanes of at least 4 members (excludes halogenated alkanes) is 17. The molecule has 0 saturated heterocycles. The highest BCUT2D eigenvalue weighted by Crippen LogP contribution is 2.36. The first-order valence-electron chi connectivity index (χ1n) is 21.5. The number of aliphatic hydroxyl groups excluding tert-OH is 2. The summed E-state index contributed by atoms with van der Waals surface area (Å²) >= 11 is 0. The first-order chi connectivity index (χ1) is 27.1. The maximum absolute atomic E-state index is 12.4. The highest BCUT2D eigenvalue weighted by atomic mass is 31.2. The van der Waals surface area contributed by atoms with E-state index in [-0.39, 0.29) is 19.4 Å². The first kappa shape index (κ1) is 53.4. The van der Waals surface area contributed by atoms with E-state index in [1.807, 2.05) is 42.5 Å². The predicted octanol–water partition coefficient (Wildman–Crippen LogP) is 11.0. The van der Waals surface area contributed by atoms with Gasteiger partial charge in [-0.15, -0.1) is 0 Å². The molecule has 0 aromatic carbocycles. The Kier molecular flexibility index (Phi) is 37.4. The van der Waals surface area contributed by atoms with Gasteiger partial charge in [-0.1, -0.05) is 189 Å². The van der Waals surface area contributed by atoms with Crippen molar-refractivity contribution in [2.45, 2.75) is 186 Å². The second-order valence-corrected chi connectivity index (χ2v) is 15.6. The average molecular weight is 809 g/mol. The third-order valence-corrected chi connectivity index (χ3v) is 9.40. The van der Waals surface area contributed by atoms with Gasteiger partial charge < -0.3 is 29.5 Å². The summed E-state index contributed by atoms with van der Waals surface area (Å²) in [6.07, 6.45) is 44.1. The fourth-order valence-electron chi connectivity index (χ4n) is 5.70. The molecule has 0 amide bonds. The molecule has 0 aliphatic rings. The quantitative estimate of drug-likeness (QED) is 0.0155. The normalized spacial score (nSPS) is 14.3. The number of carbonyl (C=O) groups excluding carboxylic acids is 2. The molecule has 0 radical (unpaired) electrons. The first-order valence-corrected chi connectivity index (χ1v) is 23.0. The number of ether oxygens (including phenoxy) is 2. The molecule has 10 nitrogen and oxygen atoms in total. The van der Waals surface area contributed by atoms with Crippen molar-refractivity contribution in [3.8, 4) is 0 Å². The number of esters is 2. The summed E-state index contributed by atoms with van der Waals surface area (Å²) in [5, 5.41) is 19.9. The molecule has 0 aliphatic carbocycles. The van der Waals surface area contributed by atoms with Gasteiger partial charge in [0.25, 0.3) is 0 Å². The molecular formula is C45H77O10P. The Balaban J connectivity index is 4.17. The number of rotatable bonds is 38. The van der Waals surface area contributed by atoms with E-state index < -0.39 is 44.7 Å². The largest absolute Gasteiger partial charge is 0.469 e. The van der Waals surface area contributed by atoms with Crippen molar-refractivity contribution in [3.63, 3.8) is 0 Å².